The summed E-state index contributed by atoms with van der Waals surface area (Å²) in [5.41, 5.74) is 0.857. The van der Waals surface area contributed by atoms with E-state index in [0.717, 1.165) is 24.4 Å². The van der Waals surface area contributed by atoms with Crippen molar-refractivity contribution in [3.63, 3.8) is 0 Å². The van der Waals surface area contributed by atoms with Crippen LogP contribution in [0, 0.1) is 5.82 Å². The third-order valence-corrected chi connectivity index (χ3v) is 5.23. The first-order valence-electron chi connectivity index (χ1n) is 8.83. The molecule has 1 saturated heterocycles. The molecule has 2 N–H and O–H groups in total. The fraction of sp³-hybridized carbons (Fsp3) is 0.421. The highest BCUT2D eigenvalue weighted by atomic mass is 79.9. The maximum Gasteiger partial charge on any atom is 0.191 e. The van der Waals surface area contributed by atoms with Crippen molar-refractivity contribution in [3.8, 4) is 0 Å². The molecular weight excluding hydrogens is 399 g/mol. The molecular formula is C19H24BrFN4O. The third-order valence-electron chi connectivity index (χ3n) is 4.58. The normalized spacial score (nSPS) is 16.7. The van der Waals surface area contributed by atoms with Gasteiger partial charge in [0.2, 0.25) is 0 Å². The van der Waals surface area contributed by atoms with Gasteiger partial charge >= 0.3 is 0 Å². The van der Waals surface area contributed by atoms with E-state index in [1.807, 2.05) is 18.2 Å². The third kappa shape index (κ3) is 4.86. The van der Waals surface area contributed by atoms with E-state index < -0.39 is 0 Å². The number of hydrogen-bond acceptors (Lipinski definition) is 3. The Kier molecular flexibility index (Phi) is 6.68. The molecule has 26 heavy (non-hydrogen) atoms. The zero-order valence-electron chi connectivity index (χ0n) is 14.8. The summed E-state index contributed by atoms with van der Waals surface area (Å²) in [7, 11) is 1.73. The van der Waals surface area contributed by atoms with E-state index >= 15 is 0 Å². The Morgan fingerprint density at radius 2 is 2.12 bits per heavy atom. The van der Waals surface area contributed by atoms with Gasteiger partial charge in [-0.2, -0.15) is 0 Å². The van der Waals surface area contributed by atoms with Crippen molar-refractivity contribution in [1.82, 2.24) is 15.5 Å². The highest BCUT2D eigenvalue weighted by Gasteiger charge is 2.25. The molecule has 0 amide bonds. The summed E-state index contributed by atoms with van der Waals surface area (Å²) < 4.78 is 19.7. The fourth-order valence-electron chi connectivity index (χ4n) is 3.19. The molecule has 1 aliphatic rings. The number of nitrogens with one attached hydrogen (secondary N) is 2. The molecule has 0 aliphatic carbocycles. The lowest BCUT2D eigenvalue weighted by Gasteiger charge is -2.26. The van der Waals surface area contributed by atoms with Crippen molar-refractivity contribution in [2.24, 2.45) is 4.99 Å². The van der Waals surface area contributed by atoms with Gasteiger partial charge in [-0.05, 0) is 71.7 Å². The number of nitrogens with zero attached hydrogens (tertiary/aromatic N) is 2. The highest BCUT2D eigenvalue weighted by Crippen LogP contribution is 2.24. The van der Waals surface area contributed by atoms with Crippen LogP contribution in [0.3, 0.4) is 0 Å². The molecule has 7 heteroatoms. The van der Waals surface area contributed by atoms with Crippen molar-refractivity contribution in [1.29, 1.82) is 0 Å². The van der Waals surface area contributed by atoms with Crippen molar-refractivity contribution < 1.29 is 8.81 Å². The van der Waals surface area contributed by atoms with Crippen LogP contribution in [0.5, 0.6) is 0 Å². The number of rotatable bonds is 6. The van der Waals surface area contributed by atoms with Gasteiger partial charge in [0.15, 0.2) is 5.96 Å². The molecule has 140 valence electrons. The molecule has 1 fully saturated rings. The average Bonchev–Trinajstić information content (AvgIpc) is 3.35. The van der Waals surface area contributed by atoms with Gasteiger partial charge in [-0.25, -0.2) is 4.39 Å². The lowest BCUT2D eigenvalue weighted by Crippen LogP contribution is -2.42. The number of guanidine groups is 1. The van der Waals surface area contributed by atoms with Gasteiger partial charge < -0.3 is 15.1 Å². The number of aliphatic imine (C=N–C) groups is 1. The summed E-state index contributed by atoms with van der Waals surface area (Å²) in [6.07, 6.45) is 4.16. The maximum atomic E-state index is 13.6. The number of hydrogen-bond donors (Lipinski definition) is 2. The molecule has 1 unspecified atom stereocenters. The lowest BCUT2D eigenvalue weighted by molar-refractivity contribution is 0.215. The van der Waals surface area contributed by atoms with Crippen LogP contribution in [0.4, 0.5) is 4.39 Å². The summed E-state index contributed by atoms with van der Waals surface area (Å²) in [5, 5.41) is 6.60. The highest BCUT2D eigenvalue weighted by molar-refractivity contribution is 9.10. The summed E-state index contributed by atoms with van der Waals surface area (Å²) in [6, 6.07) is 9.22. The van der Waals surface area contributed by atoms with Crippen LogP contribution >= 0.6 is 15.9 Å². The van der Waals surface area contributed by atoms with Crippen LogP contribution in [0.2, 0.25) is 0 Å². The summed E-state index contributed by atoms with van der Waals surface area (Å²) in [5.74, 6) is 1.38. The second kappa shape index (κ2) is 9.19. The predicted molar refractivity (Wildman–Crippen MR) is 105 cm³/mol. The quantitative estimate of drug-likeness (QED) is 0.550. The summed E-state index contributed by atoms with van der Waals surface area (Å²) in [6.45, 7) is 3.36. The largest absolute Gasteiger partial charge is 0.468 e. The first-order valence-corrected chi connectivity index (χ1v) is 9.62. The van der Waals surface area contributed by atoms with Crippen LogP contribution in [0.15, 0.2) is 50.5 Å². The molecule has 2 heterocycles. The molecule has 3 rings (SSSR count). The molecule has 0 saturated carbocycles. The smallest absolute Gasteiger partial charge is 0.191 e. The first-order chi connectivity index (χ1) is 12.7. The monoisotopic (exact) mass is 422 g/mol. The minimum Gasteiger partial charge on any atom is -0.468 e. The van der Waals surface area contributed by atoms with E-state index in [0.29, 0.717) is 23.5 Å². The zero-order valence-corrected chi connectivity index (χ0v) is 16.4. The number of halogens is 2. The Morgan fingerprint density at radius 1 is 1.31 bits per heavy atom. The molecule has 1 atom stereocenters. The van der Waals surface area contributed by atoms with Crippen molar-refractivity contribution in [3.05, 3.63) is 58.2 Å². The van der Waals surface area contributed by atoms with Crippen LogP contribution in [-0.2, 0) is 6.54 Å². The second-order valence-electron chi connectivity index (χ2n) is 6.33. The van der Waals surface area contributed by atoms with Crippen molar-refractivity contribution in [2.75, 3.05) is 26.7 Å². The Labute approximate surface area is 161 Å². The number of furan rings is 1. The fourth-order valence-corrected chi connectivity index (χ4v) is 3.44. The topological polar surface area (TPSA) is 52.8 Å². The van der Waals surface area contributed by atoms with Crippen LogP contribution < -0.4 is 10.6 Å². The minimum absolute atomic E-state index is 0.177. The van der Waals surface area contributed by atoms with Gasteiger partial charge in [-0.1, -0.05) is 6.07 Å². The Hall–Kier alpha value is -1.86. The van der Waals surface area contributed by atoms with Crippen LogP contribution in [0.1, 0.15) is 30.2 Å². The SMILES string of the molecule is CN=C(NCc1ccc(Br)c(F)c1)NCC(c1ccco1)N1CCCC1. The minimum atomic E-state index is -0.265. The van der Waals surface area contributed by atoms with Gasteiger partial charge in [0.25, 0.3) is 0 Å². The van der Waals surface area contributed by atoms with Crippen molar-refractivity contribution >= 4 is 21.9 Å². The lowest BCUT2D eigenvalue weighted by atomic mass is 10.2. The van der Waals surface area contributed by atoms with Crippen LogP contribution in [0.25, 0.3) is 0 Å². The Morgan fingerprint density at radius 3 is 2.77 bits per heavy atom. The van der Waals surface area contributed by atoms with Gasteiger partial charge in [0.05, 0.1) is 16.8 Å². The van der Waals surface area contributed by atoms with E-state index in [2.05, 4.69) is 36.5 Å². The summed E-state index contributed by atoms with van der Waals surface area (Å²) >= 11 is 3.17. The second-order valence-corrected chi connectivity index (χ2v) is 7.18. The maximum absolute atomic E-state index is 13.6. The Balaban J connectivity index is 1.57. The van der Waals surface area contributed by atoms with E-state index in [1.165, 1.54) is 18.9 Å². The average molecular weight is 423 g/mol. The molecule has 0 spiro atoms. The molecule has 1 aliphatic heterocycles. The summed E-state index contributed by atoms with van der Waals surface area (Å²) in [4.78, 5) is 6.70. The van der Waals surface area contributed by atoms with Gasteiger partial charge in [-0.15, -0.1) is 0 Å². The number of likely N-dealkylation sites (tertiary alicyclic amines) is 1. The molecule has 2 aromatic rings. The predicted octanol–water partition coefficient (Wildman–Crippen LogP) is 3.68. The molecule has 5 nitrogen and oxygen atoms in total. The van der Waals surface area contributed by atoms with E-state index in [-0.39, 0.29) is 11.9 Å². The zero-order chi connectivity index (χ0) is 18.4. The number of benzene rings is 1. The van der Waals surface area contributed by atoms with Gasteiger partial charge in [0.1, 0.15) is 11.6 Å². The van der Waals surface area contributed by atoms with Crippen LogP contribution in [-0.4, -0.2) is 37.5 Å². The van der Waals surface area contributed by atoms with Crippen molar-refractivity contribution in [2.45, 2.75) is 25.4 Å². The standard InChI is InChI=1S/C19H24BrFN4O/c1-22-19(23-12-14-6-7-15(20)16(21)11-14)24-13-17(18-5-4-10-26-18)25-8-2-3-9-25/h4-7,10-11,17H,2-3,8-9,12-13H2,1H3,(H2,22,23,24). The van der Waals surface area contributed by atoms with Gasteiger partial charge in [0, 0.05) is 20.1 Å². The van der Waals surface area contributed by atoms with Gasteiger partial charge in [-0.3, -0.25) is 9.89 Å². The first kappa shape index (κ1) is 18.9. The van der Waals surface area contributed by atoms with E-state index in [1.54, 1.807) is 19.4 Å². The molecule has 0 radical (unpaired) electrons. The van der Waals surface area contributed by atoms with E-state index in [9.17, 15) is 4.39 Å². The molecule has 0 bridgehead atoms. The van der Waals surface area contributed by atoms with E-state index in [4.69, 9.17) is 4.42 Å². The Bertz CT molecular complexity index is 729. The molecule has 1 aromatic carbocycles. The molecule has 1 aromatic heterocycles.